The van der Waals surface area contributed by atoms with Gasteiger partial charge in [0.15, 0.2) is 0 Å². The number of piperidine rings is 1. The van der Waals surface area contributed by atoms with Crippen LogP contribution < -0.4 is 10.6 Å². The predicted molar refractivity (Wildman–Crippen MR) is 99.8 cm³/mol. The second-order valence-corrected chi connectivity index (χ2v) is 6.43. The Kier molecular flexibility index (Phi) is 7.82. The Balaban J connectivity index is 1.84. The Morgan fingerprint density at radius 3 is 2.80 bits per heavy atom. The molecule has 0 aliphatic carbocycles. The van der Waals surface area contributed by atoms with E-state index < -0.39 is 13.1 Å². The minimum Gasteiger partial charge on any atom is -0.426 e. The first kappa shape index (κ1) is 19.3. The van der Waals surface area contributed by atoms with Crippen LogP contribution in [-0.2, 0) is 6.42 Å². The summed E-state index contributed by atoms with van der Waals surface area (Å²) in [5, 5.41) is 24.6. The lowest BCUT2D eigenvalue weighted by Crippen LogP contribution is -2.53. The fourth-order valence-corrected chi connectivity index (χ4v) is 3.16. The molecule has 7 heteroatoms. The lowest BCUT2D eigenvalue weighted by atomic mass is 9.76. The first-order valence-corrected chi connectivity index (χ1v) is 8.93. The predicted octanol–water partition coefficient (Wildman–Crippen LogP) is 1.30. The zero-order valence-electron chi connectivity index (χ0n) is 14.8. The molecule has 0 spiro atoms. The molecular weight excluding hydrogens is 317 g/mol. The summed E-state index contributed by atoms with van der Waals surface area (Å²) >= 11 is 0. The van der Waals surface area contributed by atoms with Gasteiger partial charge in [-0.05, 0) is 44.4 Å². The molecule has 4 N–H and O–H groups in total. The van der Waals surface area contributed by atoms with Gasteiger partial charge in [-0.15, -0.1) is 0 Å². The van der Waals surface area contributed by atoms with Crippen LogP contribution in [0.5, 0.6) is 0 Å². The number of nitrogens with zero attached hydrogens (tertiary/aromatic N) is 1. The summed E-state index contributed by atoms with van der Waals surface area (Å²) in [5.74, 6) is -0.750. The third-order valence-electron chi connectivity index (χ3n) is 4.49. The highest BCUT2D eigenvalue weighted by Crippen LogP contribution is 2.16. The minimum absolute atomic E-state index is 0.280. The van der Waals surface area contributed by atoms with Crippen molar-refractivity contribution in [2.75, 3.05) is 13.1 Å². The van der Waals surface area contributed by atoms with Crippen molar-refractivity contribution in [3.63, 3.8) is 0 Å². The van der Waals surface area contributed by atoms with Gasteiger partial charge >= 0.3 is 13.1 Å². The van der Waals surface area contributed by atoms with Crippen LogP contribution >= 0.6 is 0 Å². The van der Waals surface area contributed by atoms with Crippen molar-refractivity contribution in [3.8, 4) is 0 Å². The van der Waals surface area contributed by atoms with Gasteiger partial charge in [0.1, 0.15) is 0 Å². The number of rotatable bonds is 7. The summed E-state index contributed by atoms with van der Waals surface area (Å²) in [5.41, 5.74) is 0.937. The van der Waals surface area contributed by atoms with E-state index in [2.05, 4.69) is 21.7 Å². The van der Waals surface area contributed by atoms with Crippen molar-refractivity contribution in [2.45, 2.75) is 44.6 Å². The lowest BCUT2D eigenvalue weighted by Gasteiger charge is -2.35. The molecule has 1 aliphatic rings. The summed E-state index contributed by atoms with van der Waals surface area (Å²) in [4.78, 5) is 14.4. The first-order valence-electron chi connectivity index (χ1n) is 8.93. The Morgan fingerprint density at radius 1 is 1.36 bits per heavy atom. The van der Waals surface area contributed by atoms with Crippen molar-refractivity contribution >= 4 is 13.1 Å². The summed E-state index contributed by atoms with van der Waals surface area (Å²) in [6.07, 6.45) is 7.81. The van der Waals surface area contributed by atoms with Crippen LogP contribution in [0, 0.1) is 0 Å². The maximum absolute atomic E-state index is 12.2. The normalized spacial score (nSPS) is 18.8. The highest BCUT2D eigenvalue weighted by molar-refractivity contribution is 6.43. The van der Waals surface area contributed by atoms with Gasteiger partial charge < -0.3 is 25.6 Å². The number of benzene rings is 1. The fourth-order valence-electron chi connectivity index (χ4n) is 3.16. The van der Waals surface area contributed by atoms with Crippen LogP contribution in [0.3, 0.4) is 0 Å². The molecule has 6 nitrogen and oxygen atoms in total. The molecule has 1 aromatic carbocycles. The van der Waals surface area contributed by atoms with Gasteiger partial charge in [-0.3, -0.25) is 0 Å². The molecule has 25 heavy (non-hydrogen) atoms. The topological polar surface area (TPSA) is 84.8 Å². The van der Waals surface area contributed by atoms with Crippen LogP contribution in [0.2, 0.25) is 0 Å². The molecule has 0 aromatic heterocycles. The van der Waals surface area contributed by atoms with Crippen LogP contribution in [0.25, 0.3) is 0 Å². The van der Waals surface area contributed by atoms with E-state index in [1.165, 1.54) is 6.42 Å². The molecule has 2 atom stereocenters. The number of amides is 2. The standard InChI is InChI=1S/C18H28BN3O3/c1-2-11-22-12-7-6-10-16(22)14-20-18(23)21-17(19(24)25)13-15-8-4-3-5-9-15/h2-5,8-9,11,16-17,24-25H,6-7,10,12-14H2,1H3,(H2,20,21,23)/t16-,17?/m0/s1. The van der Waals surface area contributed by atoms with E-state index in [1.807, 2.05) is 43.3 Å². The SMILES string of the molecule is CC=CN1CCCC[C@H]1CNC(=O)NC(Cc1ccccc1)B(O)O. The number of hydrogen-bond donors (Lipinski definition) is 4. The number of carbonyl (C=O) groups excluding carboxylic acids is 1. The number of urea groups is 1. The van der Waals surface area contributed by atoms with Gasteiger partial charge in [-0.25, -0.2) is 4.79 Å². The van der Waals surface area contributed by atoms with Gasteiger partial charge in [-0.2, -0.15) is 0 Å². The fraction of sp³-hybridized carbons (Fsp3) is 0.500. The van der Waals surface area contributed by atoms with Gasteiger partial charge in [0.05, 0.1) is 5.94 Å². The number of allylic oxidation sites excluding steroid dienone is 1. The zero-order valence-corrected chi connectivity index (χ0v) is 14.8. The van der Waals surface area contributed by atoms with E-state index >= 15 is 0 Å². The molecule has 1 fully saturated rings. The summed E-state index contributed by atoms with van der Waals surface area (Å²) in [6.45, 7) is 3.53. The van der Waals surface area contributed by atoms with Crippen molar-refractivity contribution in [1.82, 2.24) is 15.5 Å². The highest BCUT2D eigenvalue weighted by Gasteiger charge is 2.26. The van der Waals surface area contributed by atoms with Gasteiger partial charge in [0.25, 0.3) is 0 Å². The van der Waals surface area contributed by atoms with E-state index in [9.17, 15) is 14.8 Å². The van der Waals surface area contributed by atoms with Crippen molar-refractivity contribution in [2.24, 2.45) is 0 Å². The Bertz CT molecular complexity index is 554. The molecule has 1 aromatic rings. The third-order valence-corrected chi connectivity index (χ3v) is 4.49. The van der Waals surface area contributed by atoms with Gasteiger partial charge in [0, 0.05) is 19.1 Å². The molecule has 1 heterocycles. The molecular formula is C18H28BN3O3. The summed E-state index contributed by atoms with van der Waals surface area (Å²) in [7, 11) is -1.61. The second kappa shape index (κ2) is 10.1. The molecule has 1 unspecified atom stereocenters. The first-order chi connectivity index (χ1) is 12.1. The van der Waals surface area contributed by atoms with Crippen molar-refractivity contribution in [1.29, 1.82) is 0 Å². The van der Waals surface area contributed by atoms with Crippen LogP contribution in [0.1, 0.15) is 31.7 Å². The van der Waals surface area contributed by atoms with Crippen LogP contribution in [0.4, 0.5) is 4.79 Å². The van der Waals surface area contributed by atoms with Gasteiger partial charge in [-0.1, -0.05) is 36.4 Å². The molecule has 0 bridgehead atoms. The van der Waals surface area contributed by atoms with Crippen molar-refractivity contribution in [3.05, 3.63) is 48.2 Å². The Labute approximate surface area is 150 Å². The largest absolute Gasteiger partial charge is 0.475 e. The lowest BCUT2D eigenvalue weighted by molar-refractivity contribution is 0.201. The number of carbonyl (C=O) groups is 1. The highest BCUT2D eigenvalue weighted by atomic mass is 16.4. The molecule has 2 amide bonds. The van der Waals surface area contributed by atoms with Gasteiger partial charge in [0.2, 0.25) is 0 Å². The quantitative estimate of drug-likeness (QED) is 0.561. The number of nitrogens with one attached hydrogen (secondary N) is 2. The third kappa shape index (κ3) is 6.44. The van der Waals surface area contributed by atoms with E-state index in [0.29, 0.717) is 13.0 Å². The minimum atomic E-state index is -1.61. The van der Waals surface area contributed by atoms with Crippen LogP contribution in [0.15, 0.2) is 42.6 Å². The number of likely N-dealkylation sites (tertiary alicyclic amines) is 1. The molecule has 1 saturated heterocycles. The zero-order chi connectivity index (χ0) is 18.1. The smallest absolute Gasteiger partial charge is 0.426 e. The maximum Gasteiger partial charge on any atom is 0.475 e. The average molecular weight is 345 g/mol. The van der Waals surface area contributed by atoms with Crippen LogP contribution in [-0.4, -0.2) is 53.2 Å². The Hall–Kier alpha value is -1.99. The van der Waals surface area contributed by atoms with Crippen molar-refractivity contribution < 1.29 is 14.8 Å². The molecule has 136 valence electrons. The summed E-state index contributed by atoms with van der Waals surface area (Å²) in [6, 6.07) is 9.36. The molecule has 0 saturated carbocycles. The van der Waals surface area contributed by atoms with E-state index in [0.717, 1.165) is 24.9 Å². The maximum atomic E-state index is 12.2. The van der Waals surface area contributed by atoms with E-state index in [-0.39, 0.29) is 12.1 Å². The monoisotopic (exact) mass is 345 g/mol. The number of hydrogen-bond acceptors (Lipinski definition) is 4. The molecule has 1 aliphatic heterocycles. The van der Waals surface area contributed by atoms with E-state index in [1.54, 1.807) is 0 Å². The molecule has 0 radical (unpaired) electrons. The average Bonchev–Trinajstić information content (AvgIpc) is 2.61. The Morgan fingerprint density at radius 2 is 2.12 bits per heavy atom. The second-order valence-electron chi connectivity index (χ2n) is 6.43. The summed E-state index contributed by atoms with van der Waals surface area (Å²) < 4.78 is 0. The van der Waals surface area contributed by atoms with E-state index in [4.69, 9.17) is 0 Å². The molecule has 2 rings (SSSR count).